The molecule has 0 bridgehead atoms. The molecule has 0 radical (unpaired) electrons. The van der Waals surface area contributed by atoms with Crippen molar-refractivity contribution in [3.05, 3.63) is 106 Å². The first kappa shape index (κ1) is 25.1. The van der Waals surface area contributed by atoms with E-state index in [0.717, 1.165) is 12.1 Å². The Balaban J connectivity index is 2.00. The van der Waals surface area contributed by atoms with Crippen LogP contribution in [0.2, 0.25) is 0 Å². The molecule has 3 aromatic carbocycles. The molecule has 34 heavy (non-hydrogen) atoms. The fraction of sp³-hybridized carbons (Fsp3) is 0.286. The highest BCUT2D eigenvalue weighted by Gasteiger charge is 2.34. The Morgan fingerprint density at radius 2 is 1.82 bits per heavy atom. The van der Waals surface area contributed by atoms with Crippen LogP contribution in [-0.4, -0.2) is 36.6 Å². The summed E-state index contributed by atoms with van der Waals surface area (Å²) < 4.78 is 19.2. The van der Waals surface area contributed by atoms with Crippen LogP contribution in [0.5, 0.6) is 0 Å². The van der Waals surface area contributed by atoms with Crippen molar-refractivity contribution in [2.45, 2.75) is 32.0 Å². The maximum Gasteiger partial charge on any atom is 0.338 e. The van der Waals surface area contributed by atoms with E-state index < -0.39 is 17.4 Å². The van der Waals surface area contributed by atoms with Gasteiger partial charge in [-0.15, -0.1) is 0 Å². The van der Waals surface area contributed by atoms with Gasteiger partial charge in [0.05, 0.1) is 17.2 Å². The third-order valence-corrected chi connectivity index (χ3v) is 5.87. The van der Waals surface area contributed by atoms with E-state index >= 15 is 0 Å². The molecule has 0 fully saturated rings. The molecule has 0 unspecified atom stereocenters. The van der Waals surface area contributed by atoms with Crippen LogP contribution in [0.25, 0.3) is 0 Å². The highest BCUT2D eigenvalue weighted by atomic mass is 19.1. The number of aryl methyl sites for hydroxylation is 1. The largest absolute Gasteiger partial charge is 0.457 e. The Morgan fingerprint density at radius 1 is 1.12 bits per heavy atom. The lowest BCUT2D eigenvalue weighted by molar-refractivity contribution is 0.0436. The van der Waals surface area contributed by atoms with E-state index in [4.69, 9.17) is 4.74 Å². The van der Waals surface area contributed by atoms with E-state index in [2.05, 4.69) is 6.07 Å². The number of aliphatic hydroxyl groups is 1. The number of esters is 1. The Labute approximate surface area is 200 Å². The van der Waals surface area contributed by atoms with Gasteiger partial charge in [-0.2, -0.15) is 5.26 Å². The zero-order valence-corrected chi connectivity index (χ0v) is 19.7. The van der Waals surface area contributed by atoms with Crippen LogP contribution in [0.4, 0.5) is 4.39 Å². The first-order valence-electron chi connectivity index (χ1n) is 11.1. The van der Waals surface area contributed by atoms with Gasteiger partial charge in [0.1, 0.15) is 18.0 Å². The van der Waals surface area contributed by atoms with Gasteiger partial charge in [-0.1, -0.05) is 36.4 Å². The van der Waals surface area contributed by atoms with Crippen molar-refractivity contribution >= 4 is 5.97 Å². The number of nitrogens with zero attached hydrogens (tertiary/aromatic N) is 2. The van der Waals surface area contributed by atoms with E-state index in [1.807, 2.05) is 38.1 Å². The van der Waals surface area contributed by atoms with E-state index in [1.54, 1.807) is 42.5 Å². The van der Waals surface area contributed by atoms with Gasteiger partial charge in [0.2, 0.25) is 0 Å². The quantitative estimate of drug-likeness (QED) is 0.458. The zero-order valence-electron chi connectivity index (χ0n) is 19.7. The maximum absolute atomic E-state index is 13.6. The summed E-state index contributed by atoms with van der Waals surface area (Å²) >= 11 is 0. The Bertz CT molecular complexity index is 1190. The SMILES string of the molecule is Cc1ccccc1C(=O)OCc1cc(C#N)ccc1[C@](O)(CCCN(C)C)c1ccc(F)cc1. The molecule has 0 saturated carbocycles. The molecule has 0 spiro atoms. The molecule has 0 saturated heterocycles. The molecule has 6 heteroatoms. The first-order valence-corrected chi connectivity index (χ1v) is 11.1. The van der Waals surface area contributed by atoms with Gasteiger partial charge >= 0.3 is 5.97 Å². The predicted molar refractivity (Wildman–Crippen MR) is 129 cm³/mol. The summed E-state index contributed by atoms with van der Waals surface area (Å²) in [7, 11) is 3.91. The summed E-state index contributed by atoms with van der Waals surface area (Å²) in [4.78, 5) is 14.7. The normalized spacial score (nSPS) is 12.7. The Kier molecular flexibility index (Phi) is 8.17. The summed E-state index contributed by atoms with van der Waals surface area (Å²) in [6.45, 7) is 2.46. The van der Waals surface area contributed by atoms with E-state index in [-0.39, 0.29) is 6.61 Å². The van der Waals surface area contributed by atoms with E-state index in [1.165, 1.54) is 12.1 Å². The second-order valence-corrected chi connectivity index (χ2v) is 8.65. The molecule has 0 aliphatic carbocycles. The Morgan fingerprint density at radius 3 is 2.47 bits per heavy atom. The number of hydrogen-bond acceptors (Lipinski definition) is 5. The van der Waals surface area contributed by atoms with Crippen molar-refractivity contribution in [3.63, 3.8) is 0 Å². The Hall–Kier alpha value is -3.53. The molecule has 0 amide bonds. The van der Waals surface area contributed by atoms with Crippen LogP contribution < -0.4 is 0 Å². The lowest BCUT2D eigenvalue weighted by Crippen LogP contribution is -2.30. The number of hydrogen-bond donors (Lipinski definition) is 1. The number of nitriles is 1. The second kappa shape index (κ2) is 11.1. The number of rotatable bonds is 9. The van der Waals surface area contributed by atoms with Gasteiger partial charge in [-0.3, -0.25) is 0 Å². The lowest BCUT2D eigenvalue weighted by atomic mass is 9.80. The van der Waals surface area contributed by atoms with Crippen molar-refractivity contribution in [1.82, 2.24) is 4.90 Å². The minimum atomic E-state index is -1.46. The summed E-state index contributed by atoms with van der Waals surface area (Å²) in [5.41, 5.74) is 1.77. The van der Waals surface area contributed by atoms with Crippen LogP contribution >= 0.6 is 0 Å². The highest BCUT2D eigenvalue weighted by molar-refractivity contribution is 5.90. The van der Waals surface area contributed by atoms with Gasteiger partial charge < -0.3 is 14.7 Å². The fourth-order valence-corrected chi connectivity index (χ4v) is 4.02. The summed E-state index contributed by atoms with van der Waals surface area (Å²) in [5.74, 6) is -0.879. The average Bonchev–Trinajstić information content (AvgIpc) is 2.82. The molecule has 0 aliphatic rings. The first-order chi connectivity index (χ1) is 16.2. The topological polar surface area (TPSA) is 73.6 Å². The van der Waals surface area contributed by atoms with Crippen molar-refractivity contribution in [2.24, 2.45) is 0 Å². The van der Waals surface area contributed by atoms with Crippen LogP contribution in [-0.2, 0) is 16.9 Å². The molecule has 0 aromatic heterocycles. The van der Waals surface area contributed by atoms with Crippen molar-refractivity contribution in [3.8, 4) is 6.07 Å². The van der Waals surface area contributed by atoms with E-state index in [0.29, 0.717) is 40.7 Å². The molecule has 3 aromatic rings. The predicted octanol–water partition coefficient (Wildman–Crippen LogP) is 4.94. The minimum absolute atomic E-state index is 0.116. The smallest absolute Gasteiger partial charge is 0.338 e. The van der Waals surface area contributed by atoms with Gasteiger partial charge in [0.25, 0.3) is 0 Å². The summed E-state index contributed by atoms with van der Waals surface area (Å²) in [6.07, 6.45) is 1.03. The molecule has 3 rings (SSSR count). The number of carbonyl (C=O) groups is 1. The number of halogens is 1. The molecular formula is C28H29FN2O3. The number of benzene rings is 3. The molecule has 0 heterocycles. The summed E-state index contributed by atoms with van der Waals surface area (Å²) in [6, 6.07) is 19.9. The van der Waals surface area contributed by atoms with Crippen LogP contribution in [0.3, 0.4) is 0 Å². The van der Waals surface area contributed by atoms with Crippen LogP contribution in [0, 0.1) is 24.1 Å². The third kappa shape index (κ3) is 5.88. The zero-order chi connectivity index (χ0) is 24.7. The van der Waals surface area contributed by atoms with Gasteiger partial charge in [0, 0.05) is 0 Å². The minimum Gasteiger partial charge on any atom is -0.457 e. The van der Waals surface area contributed by atoms with Gasteiger partial charge in [0.15, 0.2) is 0 Å². The monoisotopic (exact) mass is 460 g/mol. The maximum atomic E-state index is 13.6. The molecule has 0 aliphatic heterocycles. The van der Waals surface area contributed by atoms with Crippen molar-refractivity contribution in [1.29, 1.82) is 5.26 Å². The molecule has 1 atom stereocenters. The summed E-state index contributed by atoms with van der Waals surface area (Å²) in [5, 5.41) is 21.4. The second-order valence-electron chi connectivity index (χ2n) is 8.65. The standard InChI is InChI=1S/C28H29FN2O3/c1-20-7-4-5-8-25(20)27(32)34-19-22-17-21(18-30)9-14-26(22)28(33,15-6-16-31(2)3)23-10-12-24(29)13-11-23/h4-5,7-14,17,33H,6,15-16,19H2,1-3H3/t28-/m0/s1. The van der Waals surface area contributed by atoms with Crippen molar-refractivity contribution in [2.75, 3.05) is 20.6 Å². The molecule has 176 valence electrons. The van der Waals surface area contributed by atoms with Gasteiger partial charge in [-0.05, 0) is 93.0 Å². The van der Waals surface area contributed by atoms with Crippen molar-refractivity contribution < 1.29 is 19.0 Å². The third-order valence-electron chi connectivity index (χ3n) is 5.87. The van der Waals surface area contributed by atoms with Gasteiger partial charge in [-0.25, -0.2) is 9.18 Å². The van der Waals surface area contributed by atoms with E-state index in [9.17, 15) is 19.6 Å². The lowest BCUT2D eigenvalue weighted by Gasteiger charge is -2.32. The molecule has 1 N–H and O–H groups in total. The fourth-order valence-electron chi connectivity index (χ4n) is 4.02. The molecule has 5 nitrogen and oxygen atoms in total. The number of ether oxygens (including phenoxy) is 1. The molecular weight excluding hydrogens is 431 g/mol. The van der Waals surface area contributed by atoms with Crippen LogP contribution in [0.15, 0.2) is 66.7 Å². The number of carbonyl (C=O) groups excluding carboxylic acids is 1. The average molecular weight is 461 g/mol. The highest BCUT2D eigenvalue weighted by Crippen LogP contribution is 2.37. The van der Waals surface area contributed by atoms with Crippen LogP contribution in [0.1, 0.15) is 51.0 Å².